The number of hydrogen-bond acceptors (Lipinski definition) is 3. The molecule has 1 atom stereocenters. The van der Waals surface area contributed by atoms with Crippen molar-refractivity contribution < 1.29 is 9.84 Å². The average Bonchev–Trinajstić information content (AvgIpc) is 3.20. The summed E-state index contributed by atoms with van der Waals surface area (Å²) in [5.41, 5.74) is 4.62. The number of aryl methyl sites for hydroxylation is 1. The standard InChI is InChI=1S/C23H20ClN3O/c1-16-7-9-18(10-8-16)22(17-5-3-2-4-6-17)25-15-21-26-23(27-28-21)19-11-13-20(24)14-12-19/h2-14,22,25H,15H2,1H3/p+1/t22-/m0/s1. The number of hydrogen-bond donors (Lipinski definition) is 1. The fourth-order valence-electron chi connectivity index (χ4n) is 3.17. The molecule has 28 heavy (non-hydrogen) atoms. The van der Waals surface area contributed by atoms with E-state index in [9.17, 15) is 0 Å². The molecule has 0 spiro atoms. The molecule has 1 heterocycles. The summed E-state index contributed by atoms with van der Waals surface area (Å²) in [6.45, 7) is 2.69. The van der Waals surface area contributed by atoms with Gasteiger partial charge in [-0.3, -0.25) is 0 Å². The predicted molar refractivity (Wildman–Crippen MR) is 110 cm³/mol. The lowest BCUT2D eigenvalue weighted by Crippen LogP contribution is -2.84. The van der Waals surface area contributed by atoms with Crippen LogP contribution in [0.2, 0.25) is 5.02 Å². The Hall–Kier alpha value is -2.95. The zero-order valence-corrected chi connectivity index (χ0v) is 16.3. The van der Waals surface area contributed by atoms with Crippen LogP contribution in [0.3, 0.4) is 0 Å². The number of quaternary nitrogens is 1. The van der Waals surface area contributed by atoms with E-state index in [0.29, 0.717) is 23.3 Å². The van der Waals surface area contributed by atoms with Crippen LogP contribution in [0.1, 0.15) is 28.6 Å². The van der Waals surface area contributed by atoms with Crippen LogP contribution >= 0.6 is 11.6 Å². The first-order valence-corrected chi connectivity index (χ1v) is 9.60. The molecule has 0 saturated heterocycles. The van der Waals surface area contributed by atoms with Gasteiger partial charge in [-0.15, -0.1) is 0 Å². The second-order valence-corrected chi connectivity index (χ2v) is 7.19. The van der Waals surface area contributed by atoms with Crippen molar-refractivity contribution in [3.63, 3.8) is 0 Å². The van der Waals surface area contributed by atoms with Crippen LogP contribution in [0.25, 0.3) is 11.4 Å². The van der Waals surface area contributed by atoms with Gasteiger partial charge in [-0.05, 0) is 31.2 Å². The topological polar surface area (TPSA) is 55.5 Å². The Kier molecular flexibility index (Phi) is 5.51. The van der Waals surface area contributed by atoms with Gasteiger partial charge in [0.1, 0.15) is 6.04 Å². The second-order valence-electron chi connectivity index (χ2n) is 6.76. The van der Waals surface area contributed by atoms with E-state index in [1.807, 2.05) is 30.3 Å². The van der Waals surface area contributed by atoms with Crippen molar-refractivity contribution in [1.82, 2.24) is 10.1 Å². The average molecular weight is 391 g/mol. The highest BCUT2D eigenvalue weighted by atomic mass is 35.5. The molecule has 0 aliphatic heterocycles. The van der Waals surface area contributed by atoms with Crippen LogP contribution in [0.4, 0.5) is 0 Å². The van der Waals surface area contributed by atoms with E-state index >= 15 is 0 Å². The van der Waals surface area contributed by atoms with E-state index in [2.05, 4.69) is 70.9 Å². The summed E-state index contributed by atoms with van der Waals surface area (Å²) in [4.78, 5) is 4.53. The number of nitrogens with two attached hydrogens (primary N) is 1. The van der Waals surface area contributed by atoms with E-state index < -0.39 is 0 Å². The molecule has 2 N–H and O–H groups in total. The molecule has 0 aliphatic carbocycles. The third-order valence-corrected chi connectivity index (χ3v) is 4.95. The van der Waals surface area contributed by atoms with Gasteiger partial charge in [0.05, 0.1) is 0 Å². The number of aromatic nitrogens is 2. The maximum atomic E-state index is 5.95. The first kappa shape index (κ1) is 18.4. The molecular weight excluding hydrogens is 370 g/mol. The monoisotopic (exact) mass is 390 g/mol. The van der Waals surface area contributed by atoms with Gasteiger partial charge < -0.3 is 9.84 Å². The summed E-state index contributed by atoms with van der Waals surface area (Å²) in [6.07, 6.45) is 0. The van der Waals surface area contributed by atoms with E-state index in [1.165, 1.54) is 16.7 Å². The largest absolute Gasteiger partial charge is 0.333 e. The Labute approximate surface area is 169 Å². The molecule has 0 radical (unpaired) electrons. The van der Waals surface area contributed by atoms with Gasteiger partial charge in [-0.2, -0.15) is 4.98 Å². The minimum absolute atomic E-state index is 0.160. The lowest BCUT2D eigenvalue weighted by molar-refractivity contribution is -0.704. The molecule has 0 unspecified atom stereocenters. The Morgan fingerprint density at radius 3 is 2.29 bits per heavy atom. The van der Waals surface area contributed by atoms with Crippen molar-refractivity contribution in [2.75, 3.05) is 0 Å². The van der Waals surface area contributed by atoms with Crippen molar-refractivity contribution in [3.05, 3.63) is 106 Å². The van der Waals surface area contributed by atoms with Crippen LogP contribution in [-0.4, -0.2) is 10.1 Å². The fourth-order valence-corrected chi connectivity index (χ4v) is 3.30. The number of nitrogens with zero attached hydrogens (tertiary/aromatic N) is 2. The van der Waals surface area contributed by atoms with Gasteiger partial charge in [0.25, 0.3) is 5.89 Å². The quantitative estimate of drug-likeness (QED) is 0.525. The Morgan fingerprint density at radius 1 is 0.893 bits per heavy atom. The van der Waals surface area contributed by atoms with Crippen LogP contribution in [0, 0.1) is 6.92 Å². The molecular formula is C23H21ClN3O+. The lowest BCUT2D eigenvalue weighted by Gasteiger charge is -2.16. The summed E-state index contributed by atoms with van der Waals surface area (Å²) in [7, 11) is 0. The Balaban J connectivity index is 1.53. The molecule has 0 amide bonds. The van der Waals surface area contributed by atoms with Crippen LogP contribution in [0.15, 0.2) is 83.4 Å². The SMILES string of the molecule is Cc1ccc([C@@H]([NH2+]Cc2nc(-c3ccc(Cl)cc3)no2)c2ccccc2)cc1. The van der Waals surface area contributed by atoms with Gasteiger partial charge in [0, 0.05) is 21.7 Å². The molecule has 4 nitrogen and oxygen atoms in total. The molecule has 4 rings (SSSR count). The highest BCUT2D eigenvalue weighted by Crippen LogP contribution is 2.20. The molecule has 0 bridgehead atoms. The summed E-state index contributed by atoms with van der Waals surface area (Å²) >= 11 is 5.95. The minimum atomic E-state index is 0.160. The molecule has 0 saturated carbocycles. The number of rotatable bonds is 6. The van der Waals surface area contributed by atoms with Gasteiger partial charge in [-0.25, -0.2) is 0 Å². The van der Waals surface area contributed by atoms with E-state index in [1.54, 1.807) is 0 Å². The Bertz CT molecular complexity index is 1030. The highest BCUT2D eigenvalue weighted by Gasteiger charge is 2.19. The highest BCUT2D eigenvalue weighted by molar-refractivity contribution is 6.30. The maximum Gasteiger partial charge on any atom is 0.282 e. The molecule has 4 aromatic rings. The normalized spacial score (nSPS) is 12.1. The molecule has 3 aromatic carbocycles. The van der Waals surface area contributed by atoms with Crippen molar-refractivity contribution in [3.8, 4) is 11.4 Å². The lowest BCUT2D eigenvalue weighted by atomic mass is 9.98. The molecule has 5 heteroatoms. The zero-order valence-electron chi connectivity index (χ0n) is 15.5. The van der Waals surface area contributed by atoms with Gasteiger partial charge in [-0.1, -0.05) is 76.9 Å². The van der Waals surface area contributed by atoms with Crippen molar-refractivity contribution in [2.45, 2.75) is 19.5 Å². The van der Waals surface area contributed by atoms with E-state index in [-0.39, 0.29) is 6.04 Å². The summed E-state index contributed by atoms with van der Waals surface area (Å²) in [6, 6.07) is 26.7. The molecule has 140 valence electrons. The minimum Gasteiger partial charge on any atom is -0.333 e. The molecule has 0 aliphatic rings. The smallest absolute Gasteiger partial charge is 0.282 e. The first-order chi connectivity index (χ1) is 13.7. The Morgan fingerprint density at radius 2 is 1.57 bits per heavy atom. The number of benzene rings is 3. The summed E-state index contributed by atoms with van der Waals surface area (Å²) < 4.78 is 5.47. The molecule has 0 fully saturated rings. The number of halogens is 1. The van der Waals surface area contributed by atoms with Gasteiger partial charge >= 0.3 is 0 Å². The maximum absolute atomic E-state index is 5.95. The molecule has 1 aromatic heterocycles. The van der Waals surface area contributed by atoms with Crippen molar-refractivity contribution in [1.29, 1.82) is 0 Å². The van der Waals surface area contributed by atoms with E-state index in [4.69, 9.17) is 16.1 Å². The van der Waals surface area contributed by atoms with Crippen molar-refractivity contribution >= 4 is 11.6 Å². The van der Waals surface area contributed by atoms with Crippen molar-refractivity contribution in [2.24, 2.45) is 0 Å². The fraction of sp³-hybridized carbons (Fsp3) is 0.130. The zero-order chi connectivity index (χ0) is 19.3. The van der Waals surface area contributed by atoms with Gasteiger partial charge in [0.15, 0.2) is 6.54 Å². The van der Waals surface area contributed by atoms with E-state index in [0.717, 1.165) is 5.56 Å². The predicted octanol–water partition coefficient (Wildman–Crippen LogP) is 4.55. The third-order valence-electron chi connectivity index (χ3n) is 4.69. The van der Waals surface area contributed by atoms with Crippen LogP contribution in [-0.2, 0) is 6.54 Å². The second kappa shape index (κ2) is 8.38. The van der Waals surface area contributed by atoms with Gasteiger partial charge in [0.2, 0.25) is 5.82 Å². The summed E-state index contributed by atoms with van der Waals surface area (Å²) in [5, 5.41) is 7.01. The van der Waals surface area contributed by atoms with Crippen LogP contribution < -0.4 is 5.32 Å². The first-order valence-electron chi connectivity index (χ1n) is 9.22. The van der Waals surface area contributed by atoms with Crippen LogP contribution in [0.5, 0.6) is 0 Å². The third kappa shape index (κ3) is 4.30. The summed E-state index contributed by atoms with van der Waals surface area (Å²) in [5.74, 6) is 1.17.